The Morgan fingerprint density at radius 2 is 1.25 bits per heavy atom. The van der Waals surface area contributed by atoms with Gasteiger partial charge < -0.3 is 41.7 Å². The van der Waals surface area contributed by atoms with Crippen LogP contribution in [0.5, 0.6) is 0 Å². The maximum Gasteiger partial charge on any atom is 0.504 e. The molecule has 53 heavy (non-hydrogen) atoms. The van der Waals surface area contributed by atoms with E-state index in [0.717, 1.165) is 122 Å². The van der Waals surface area contributed by atoms with Crippen molar-refractivity contribution in [1.82, 2.24) is 0 Å². The SMILES string of the molecule is C.CCO[Si](OCC)(OCC)C(CC(C(CCC1([SiH3])CCCCO1)OCC1CO1)C1([SiH3])CCCCO1)C(C1([SiH3])CCCCO1)C1([SiH](C)C)CCCCO1. The van der Waals surface area contributed by atoms with Gasteiger partial charge in [0.1, 0.15) is 6.10 Å². The lowest BCUT2D eigenvalue weighted by Crippen LogP contribution is -2.69. The van der Waals surface area contributed by atoms with Crippen LogP contribution in [0, 0.1) is 11.8 Å². The molecular formula is C39H82O9Si5. The second kappa shape index (κ2) is 21.1. The van der Waals surface area contributed by atoms with Crippen molar-refractivity contribution in [3.8, 4) is 0 Å². The molecule has 5 fully saturated rings. The first-order valence-corrected chi connectivity index (χ1v) is 29.4. The van der Waals surface area contributed by atoms with Crippen molar-refractivity contribution in [2.45, 2.75) is 176 Å². The molecule has 0 aromatic carbocycles. The van der Waals surface area contributed by atoms with E-state index in [0.29, 0.717) is 26.4 Å². The van der Waals surface area contributed by atoms with E-state index in [1.54, 1.807) is 0 Å². The molecule has 312 valence electrons. The van der Waals surface area contributed by atoms with Gasteiger partial charge in [0.2, 0.25) is 0 Å². The maximum absolute atomic E-state index is 7.34. The fraction of sp³-hybridized carbons (Fsp3) is 1.00. The number of ether oxygens (including phenoxy) is 6. The van der Waals surface area contributed by atoms with Gasteiger partial charge in [-0.05, 0) is 117 Å². The molecule has 5 rings (SSSR count). The molecule has 0 aromatic heterocycles. The van der Waals surface area contributed by atoms with Crippen LogP contribution in [0.4, 0.5) is 0 Å². The molecule has 9 unspecified atom stereocenters. The van der Waals surface area contributed by atoms with E-state index in [4.69, 9.17) is 41.7 Å². The van der Waals surface area contributed by atoms with E-state index >= 15 is 0 Å². The van der Waals surface area contributed by atoms with Gasteiger partial charge in [-0.3, -0.25) is 0 Å². The highest BCUT2D eigenvalue weighted by Gasteiger charge is 2.65. The molecule has 0 amide bonds. The van der Waals surface area contributed by atoms with Gasteiger partial charge >= 0.3 is 8.80 Å². The molecule has 0 aliphatic carbocycles. The third-order valence-electron chi connectivity index (χ3n) is 13.5. The quantitative estimate of drug-likeness (QED) is 0.126. The Bertz CT molecular complexity index is 1030. The molecule has 0 radical (unpaired) electrons. The highest BCUT2D eigenvalue weighted by atomic mass is 28.4. The zero-order chi connectivity index (χ0) is 37.3. The largest absolute Gasteiger partial charge is 0.504 e. The molecule has 5 aliphatic heterocycles. The summed E-state index contributed by atoms with van der Waals surface area (Å²) in [5.41, 5.74) is -0.00327. The molecule has 14 heteroatoms. The number of hydrogen-bond donors (Lipinski definition) is 0. The van der Waals surface area contributed by atoms with E-state index in [2.05, 4.69) is 33.9 Å². The van der Waals surface area contributed by atoms with Gasteiger partial charge in [0.05, 0.1) is 43.8 Å². The first-order valence-electron chi connectivity index (χ1n) is 21.7. The third-order valence-corrected chi connectivity index (χ3v) is 24.1. The predicted molar refractivity (Wildman–Crippen MR) is 230 cm³/mol. The maximum atomic E-state index is 7.34. The number of hydrogen-bond acceptors (Lipinski definition) is 9. The van der Waals surface area contributed by atoms with Gasteiger partial charge in [0, 0.05) is 99.6 Å². The predicted octanol–water partition coefficient (Wildman–Crippen LogP) is 3.98. The van der Waals surface area contributed by atoms with Crippen LogP contribution in [0.25, 0.3) is 0 Å². The van der Waals surface area contributed by atoms with Crippen LogP contribution in [-0.2, 0) is 41.7 Å². The van der Waals surface area contributed by atoms with Crippen molar-refractivity contribution >= 4 is 48.3 Å². The standard InChI is InChI=1S/C38H78O9Si5.CH4/c1-6-45-52(46-7-2,47-8-3)33(34(37(50)20-11-15-25-43-37)38(51(4)5)21-12-16-26-44-38)27-31(36(49)19-10-14-24-42-36)32(40-29-30-28-39-30)17-22-35(48)18-9-13-23-41-35;/h30-34,51H,6-29H2,1-5,48-50H3;1H4. The van der Waals surface area contributed by atoms with Crippen LogP contribution in [0.3, 0.4) is 0 Å². The van der Waals surface area contributed by atoms with Gasteiger partial charge in [-0.15, -0.1) is 0 Å². The Morgan fingerprint density at radius 1 is 0.717 bits per heavy atom. The third kappa shape index (κ3) is 11.5. The Hall–Kier alpha value is 0.724. The minimum Gasteiger partial charge on any atom is -0.380 e. The Kier molecular flexibility index (Phi) is 18.5. The van der Waals surface area contributed by atoms with Crippen molar-refractivity contribution in [1.29, 1.82) is 0 Å². The summed E-state index contributed by atoms with van der Waals surface area (Å²) in [5.74, 6) is 0.293. The van der Waals surface area contributed by atoms with Gasteiger partial charge in [0.15, 0.2) is 0 Å². The first-order chi connectivity index (χ1) is 25.0. The lowest BCUT2D eigenvalue weighted by molar-refractivity contribution is -0.159. The second-order valence-electron chi connectivity index (χ2n) is 17.6. The summed E-state index contributed by atoms with van der Waals surface area (Å²) >= 11 is 0. The minimum atomic E-state index is -3.36. The zero-order valence-corrected chi connectivity index (χ0v) is 42.8. The average molecular weight is 836 g/mol. The fourth-order valence-electron chi connectivity index (χ4n) is 10.7. The van der Waals surface area contributed by atoms with E-state index in [9.17, 15) is 0 Å². The lowest BCUT2D eigenvalue weighted by atomic mass is 9.76. The molecule has 5 aliphatic rings. The first kappa shape index (κ1) is 46.4. The van der Waals surface area contributed by atoms with Gasteiger partial charge in [-0.1, -0.05) is 20.5 Å². The van der Waals surface area contributed by atoms with Crippen LogP contribution >= 0.6 is 0 Å². The molecule has 0 saturated carbocycles. The highest BCUT2D eigenvalue weighted by molar-refractivity contribution is 6.64. The Balaban J connectivity index is 0.00000627. The van der Waals surface area contributed by atoms with Crippen molar-refractivity contribution in [2.75, 3.05) is 59.5 Å². The molecule has 9 atom stereocenters. The Labute approximate surface area is 336 Å². The summed E-state index contributed by atoms with van der Waals surface area (Å²) in [6.45, 7) is 17.9. The number of rotatable bonds is 21. The molecule has 0 spiro atoms. The summed E-state index contributed by atoms with van der Waals surface area (Å²) < 4.78 is 62.4. The highest BCUT2D eigenvalue weighted by Crippen LogP contribution is 2.56. The summed E-state index contributed by atoms with van der Waals surface area (Å²) in [5, 5.41) is -0.666. The van der Waals surface area contributed by atoms with Crippen LogP contribution in [0.1, 0.15) is 125 Å². The van der Waals surface area contributed by atoms with Crippen molar-refractivity contribution in [3.05, 3.63) is 0 Å². The van der Waals surface area contributed by atoms with E-state index in [1.807, 2.05) is 0 Å². The number of epoxide rings is 1. The van der Waals surface area contributed by atoms with Gasteiger partial charge in [-0.2, -0.15) is 0 Å². The smallest absolute Gasteiger partial charge is 0.380 e. The molecule has 0 N–H and O–H groups in total. The van der Waals surface area contributed by atoms with Crippen LogP contribution in [0.15, 0.2) is 0 Å². The summed E-state index contributed by atoms with van der Waals surface area (Å²) in [6.07, 6.45) is 17.0. The fourth-order valence-corrected chi connectivity index (χ4v) is 21.2. The molecule has 0 aromatic rings. The van der Waals surface area contributed by atoms with Crippen LogP contribution < -0.4 is 0 Å². The van der Waals surface area contributed by atoms with E-state index in [-0.39, 0.29) is 57.9 Å². The summed E-state index contributed by atoms with van der Waals surface area (Å²) in [7, 11) is -1.91. The van der Waals surface area contributed by atoms with Gasteiger partial charge in [0.25, 0.3) is 0 Å². The second-order valence-corrected chi connectivity index (χ2v) is 28.9. The molecule has 0 bridgehead atoms. The van der Waals surface area contributed by atoms with Crippen LogP contribution in [0.2, 0.25) is 18.6 Å². The lowest BCUT2D eigenvalue weighted by Gasteiger charge is -2.59. The molecule has 9 nitrogen and oxygen atoms in total. The van der Waals surface area contributed by atoms with E-state index in [1.165, 1.54) is 38.5 Å². The van der Waals surface area contributed by atoms with Crippen molar-refractivity contribution in [2.24, 2.45) is 11.8 Å². The molecule has 5 saturated heterocycles. The topological polar surface area (TPSA) is 86.4 Å². The monoisotopic (exact) mass is 834 g/mol. The minimum absolute atomic E-state index is 0. The Morgan fingerprint density at radius 3 is 1.70 bits per heavy atom. The zero-order valence-electron chi connectivity index (χ0n) is 34.6. The summed E-state index contributed by atoms with van der Waals surface area (Å²) in [6, 6.07) is 0. The van der Waals surface area contributed by atoms with Crippen LogP contribution in [-0.4, -0.2) is 141 Å². The molecule has 5 heterocycles. The van der Waals surface area contributed by atoms with Gasteiger partial charge in [-0.25, -0.2) is 0 Å². The van der Waals surface area contributed by atoms with Crippen molar-refractivity contribution in [3.63, 3.8) is 0 Å². The normalized spacial score (nSPS) is 35.1. The van der Waals surface area contributed by atoms with E-state index < -0.39 is 17.6 Å². The van der Waals surface area contributed by atoms with Crippen molar-refractivity contribution < 1.29 is 41.7 Å². The average Bonchev–Trinajstić information content (AvgIpc) is 3.96. The summed E-state index contributed by atoms with van der Waals surface area (Å²) in [4.78, 5) is 0. The molecular weight excluding hydrogens is 753 g/mol.